The Morgan fingerprint density at radius 3 is 2.82 bits per heavy atom. The lowest BCUT2D eigenvalue weighted by atomic mass is 10.1. The van der Waals surface area contributed by atoms with Crippen molar-refractivity contribution in [1.82, 2.24) is 9.55 Å². The zero-order chi connectivity index (χ0) is 12.6. The molecule has 1 aromatic heterocycles. The summed E-state index contributed by atoms with van der Waals surface area (Å²) < 4.78 is 26.2. The number of nitrogens with one attached hydrogen (secondary N) is 1. The SMILES string of the molecule is CC(C)c1c[nH]c(=S)n1CC1CCCS1(=O)=O. The van der Waals surface area contributed by atoms with E-state index in [0.29, 0.717) is 23.0 Å². The van der Waals surface area contributed by atoms with E-state index in [4.69, 9.17) is 12.2 Å². The molecule has 96 valence electrons. The summed E-state index contributed by atoms with van der Waals surface area (Å²) in [6.45, 7) is 4.66. The topological polar surface area (TPSA) is 54.9 Å². The van der Waals surface area contributed by atoms with Gasteiger partial charge in [-0.2, -0.15) is 0 Å². The van der Waals surface area contributed by atoms with Crippen molar-refractivity contribution in [2.75, 3.05) is 5.75 Å². The minimum absolute atomic E-state index is 0.262. The molecule has 1 aliphatic heterocycles. The smallest absolute Gasteiger partial charge is 0.177 e. The van der Waals surface area contributed by atoms with Gasteiger partial charge in [-0.25, -0.2) is 8.42 Å². The van der Waals surface area contributed by atoms with Crippen molar-refractivity contribution in [1.29, 1.82) is 0 Å². The van der Waals surface area contributed by atoms with E-state index in [0.717, 1.165) is 18.5 Å². The lowest BCUT2D eigenvalue weighted by Crippen LogP contribution is -2.23. The third-order valence-corrected chi connectivity index (χ3v) is 5.94. The lowest BCUT2D eigenvalue weighted by Gasteiger charge is -2.14. The number of H-pyrrole nitrogens is 1. The van der Waals surface area contributed by atoms with Crippen LogP contribution in [0.2, 0.25) is 0 Å². The molecule has 2 rings (SSSR count). The Labute approximate surface area is 107 Å². The Hall–Kier alpha value is -0.620. The van der Waals surface area contributed by atoms with Gasteiger partial charge >= 0.3 is 0 Å². The average molecular weight is 274 g/mol. The fourth-order valence-corrected chi connectivity index (χ4v) is 4.39. The Kier molecular flexibility index (Phi) is 3.45. The number of sulfone groups is 1. The Balaban J connectivity index is 2.30. The number of imidazole rings is 1. The molecule has 0 amide bonds. The zero-order valence-electron chi connectivity index (χ0n) is 10.1. The molecule has 1 aromatic rings. The monoisotopic (exact) mass is 274 g/mol. The normalized spacial score (nSPS) is 23.4. The van der Waals surface area contributed by atoms with Crippen LogP contribution in [-0.4, -0.2) is 29.0 Å². The van der Waals surface area contributed by atoms with Crippen LogP contribution in [0.5, 0.6) is 0 Å². The van der Waals surface area contributed by atoms with Crippen LogP contribution in [0.1, 0.15) is 38.3 Å². The molecule has 0 radical (unpaired) electrons. The van der Waals surface area contributed by atoms with Crippen molar-refractivity contribution in [3.8, 4) is 0 Å². The van der Waals surface area contributed by atoms with Crippen LogP contribution < -0.4 is 0 Å². The fraction of sp³-hybridized carbons (Fsp3) is 0.727. The van der Waals surface area contributed by atoms with Crippen LogP contribution >= 0.6 is 12.2 Å². The standard InChI is InChI=1S/C11H18N2O2S2/c1-8(2)10-6-12-11(16)13(10)7-9-4-3-5-17(9,14)15/h6,8-9H,3-5,7H2,1-2H3,(H,12,16). The predicted molar refractivity (Wildman–Crippen MR) is 70.5 cm³/mol. The van der Waals surface area contributed by atoms with Crippen LogP contribution in [0.15, 0.2) is 6.20 Å². The molecule has 4 nitrogen and oxygen atoms in total. The molecular weight excluding hydrogens is 256 g/mol. The molecule has 1 atom stereocenters. The van der Waals surface area contributed by atoms with Gasteiger partial charge in [-0.05, 0) is 31.0 Å². The lowest BCUT2D eigenvalue weighted by molar-refractivity contribution is 0.551. The van der Waals surface area contributed by atoms with Gasteiger partial charge < -0.3 is 9.55 Å². The highest BCUT2D eigenvalue weighted by Crippen LogP contribution is 2.24. The predicted octanol–water partition coefficient (Wildman–Crippen LogP) is 2.25. The second kappa shape index (κ2) is 4.57. The number of hydrogen-bond acceptors (Lipinski definition) is 3. The zero-order valence-corrected chi connectivity index (χ0v) is 11.8. The van der Waals surface area contributed by atoms with Crippen LogP contribution in [0, 0.1) is 4.77 Å². The summed E-state index contributed by atoms with van der Waals surface area (Å²) in [6, 6.07) is 0. The molecule has 17 heavy (non-hydrogen) atoms. The second-order valence-corrected chi connectivity index (χ2v) is 7.70. The molecule has 1 aliphatic rings. The second-order valence-electron chi connectivity index (χ2n) is 4.92. The molecule has 2 heterocycles. The van der Waals surface area contributed by atoms with Gasteiger partial charge in [0.15, 0.2) is 14.6 Å². The van der Waals surface area contributed by atoms with Gasteiger partial charge in [-0.3, -0.25) is 0 Å². The van der Waals surface area contributed by atoms with Gasteiger partial charge in [0.05, 0.1) is 11.0 Å². The van der Waals surface area contributed by atoms with Gasteiger partial charge in [0, 0.05) is 18.4 Å². The molecule has 0 saturated carbocycles. The minimum Gasteiger partial charge on any atom is -0.337 e. The maximum Gasteiger partial charge on any atom is 0.177 e. The first kappa shape index (κ1) is 12.8. The number of aromatic nitrogens is 2. The van der Waals surface area contributed by atoms with Crippen molar-refractivity contribution in [2.45, 2.75) is 44.4 Å². The summed E-state index contributed by atoms with van der Waals surface area (Å²) in [5.41, 5.74) is 1.08. The van der Waals surface area contributed by atoms with Crippen LogP contribution in [0.4, 0.5) is 0 Å². The molecule has 1 unspecified atom stereocenters. The highest BCUT2D eigenvalue weighted by atomic mass is 32.2. The molecule has 0 bridgehead atoms. The summed E-state index contributed by atoms with van der Waals surface area (Å²) in [6.07, 6.45) is 3.42. The van der Waals surface area contributed by atoms with Crippen LogP contribution in [0.25, 0.3) is 0 Å². The van der Waals surface area contributed by atoms with E-state index in [1.165, 1.54) is 0 Å². The molecular formula is C11H18N2O2S2. The molecule has 0 spiro atoms. The van der Waals surface area contributed by atoms with Crippen LogP contribution in [-0.2, 0) is 16.4 Å². The Morgan fingerprint density at radius 1 is 1.59 bits per heavy atom. The van der Waals surface area contributed by atoms with Crippen molar-refractivity contribution in [3.05, 3.63) is 16.7 Å². The summed E-state index contributed by atoms with van der Waals surface area (Å²) in [7, 11) is -2.90. The van der Waals surface area contributed by atoms with Gasteiger partial charge in [0.25, 0.3) is 0 Å². The third kappa shape index (κ3) is 2.47. The Bertz CT molecular complexity index is 554. The summed E-state index contributed by atoms with van der Waals surface area (Å²) in [5.74, 6) is 0.666. The third-order valence-electron chi connectivity index (χ3n) is 3.34. The van der Waals surface area contributed by atoms with E-state index < -0.39 is 9.84 Å². The number of nitrogens with zero attached hydrogens (tertiary/aromatic N) is 1. The van der Waals surface area contributed by atoms with Gasteiger partial charge in [-0.15, -0.1) is 0 Å². The molecule has 1 saturated heterocycles. The van der Waals surface area contributed by atoms with E-state index in [9.17, 15) is 8.42 Å². The summed E-state index contributed by atoms with van der Waals surface area (Å²) in [4.78, 5) is 3.00. The van der Waals surface area contributed by atoms with E-state index in [2.05, 4.69) is 18.8 Å². The van der Waals surface area contributed by atoms with E-state index in [-0.39, 0.29) is 5.25 Å². The quantitative estimate of drug-likeness (QED) is 0.860. The molecule has 1 N–H and O–H groups in total. The first-order valence-electron chi connectivity index (χ1n) is 5.91. The first-order chi connectivity index (χ1) is 7.92. The van der Waals surface area contributed by atoms with Crippen LogP contribution in [0.3, 0.4) is 0 Å². The van der Waals surface area contributed by atoms with E-state index in [1.807, 2.05) is 10.8 Å². The maximum absolute atomic E-state index is 11.8. The summed E-state index contributed by atoms with van der Waals surface area (Å²) >= 11 is 5.21. The van der Waals surface area contributed by atoms with Crippen molar-refractivity contribution < 1.29 is 8.42 Å². The molecule has 6 heteroatoms. The number of aromatic amines is 1. The van der Waals surface area contributed by atoms with Crippen molar-refractivity contribution >= 4 is 22.1 Å². The first-order valence-corrected chi connectivity index (χ1v) is 8.04. The molecule has 1 fully saturated rings. The van der Waals surface area contributed by atoms with Gasteiger partial charge in [-0.1, -0.05) is 13.8 Å². The van der Waals surface area contributed by atoms with E-state index in [1.54, 1.807) is 0 Å². The van der Waals surface area contributed by atoms with Crippen molar-refractivity contribution in [2.24, 2.45) is 0 Å². The van der Waals surface area contributed by atoms with Crippen molar-refractivity contribution in [3.63, 3.8) is 0 Å². The Morgan fingerprint density at radius 2 is 2.29 bits per heavy atom. The number of rotatable bonds is 3. The fourth-order valence-electron chi connectivity index (χ4n) is 2.34. The molecule has 0 aromatic carbocycles. The van der Waals surface area contributed by atoms with Gasteiger partial charge in [0.2, 0.25) is 0 Å². The highest BCUT2D eigenvalue weighted by Gasteiger charge is 2.32. The number of hydrogen-bond donors (Lipinski definition) is 1. The highest BCUT2D eigenvalue weighted by molar-refractivity contribution is 7.92. The van der Waals surface area contributed by atoms with Gasteiger partial charge in [0.1, 0.15) is 0 Å². The maximum atomic E-state index is 11.8. The minimum atomic E-state index is -2.90. The average Bonchev–Trinajstić information content (AvgIpc) is 2.73. The summed E-state index contributed by atoms with van der Waals surface area (Å²) in [5, 5.41) is -0.262. The van der Waals surface area contributed by atoms with E-state index >= 15 is 0 Å². The molecule has 0 aliphatic carbocycles. The largest absolute Gasteiger partial charge is 0.337 e.